The fraction of sp³-hybridized carbons (Fsp3) is 0.400. The maximum Gasteiger partial charge on any atom is 0.206 e. The van der Waals surface area contributed by atoms with Gasteiger partial charge >= 0.3 is 0 Å². The van der Waals surface area contributed by atoms with Crippen LogP contribution in [0.15, 0.2) is 11.4 Å². The predicted molar refractivity (Wildman–Crippen MR) is 66.7 cm³/mol. The van der Waals surface area contributed by atoms with Gasteiger partial charge in [-0.1, -0.05) is 18.3 Å². The van der Waals surface area contributed by atoms with E-state index in [1.165, 1.54) is 10.4 Å². The van der Waals surface area contributed by atoms with E-state index in [1.54, 1.807) is 22.7 Å². The van der Waals surface area contributed by atoms with Crippen molar-refractivity contribution in [2.75, 3.05) is 11.9 Å². The van der Waals surface area contributed by atoms with E-state index in [4.69, 9.17) is 0 Å². The molecule has 0 bridgehead atoms. The molecule has 1 N–H and O–H groups in total. The SMILES string of the molecule is CCCNc1nnc(-c2ccsc2C)s1. The Hall–Kier alpha value is -0.940. The number of thiophene rings is 1. The summed E-state index contributed by atoms with van der Waals surface area (Å²) in [5, 5.41) is 15.6. The summed E-state index contributed by atoms with van der Waals surface area (Å²) in [5.41, 5.74) is 1.21. The second-order valence-electron chi connectivity index (χ2n) is 3.23. The zero-order valence-corrected chi connectivity index (χ0v) is 10.4. The van der Waals surface area contributed by atoms with E-state index in [2.05, 4.69) is 40.8 Å². The lowest BCUT2D eigenvalue weighted by Gasteiger charge is -1.95. The van der Waals surface area contributed by atoms with Crippen molar-refractivity contribution in [1.82, 2.24) is 10.2 Å². The minimum absolute atomic E-state index is 0.914. The van der Waals surface area contributed by atoms with Crippen LogP contribution in [0.4, 0.5) is 5.13 Å². The molecule has 15 heavy (non-hydrogen) atoms. The number of nitrogens with one attached hydrogen (secondary N) is 1. The lowest BCUT2D eigenvalue weighted by atomic mass is 10.3. The first kappa shape index (κ1) is 10.6. The van der Waals surface area contributed by atoms with E-state index in [0.717, 1.165) is 23.1 Å². The third-order valence-corrected chi connectivity index (χ3v) is 3.80. The molecule has 0 saturated carbocycles. The smallest absolute Gasteiger partial charge is 0.206 e. The van der Waals surface area contributed by atoms with Gasteiger partial charge in [0, 0.05) is 17.0 Å². The van der Waals surface area contributed by atoms with Gasteiger partial charge in [-0.3, -0.25) is 0 Å². The van der Waals surface area contributed by atoms with Crippen molar-refractivity contribution in [3.8, 4) is 10.6 Å². The fourth-order valence-electron chi connectivity index (χ4n) is 1.24. The highest BCUT2D eigenvalue weighted by Gasteiger charge is 2.09. The largest absolute Gasteiger partial charge is 0.360 e. The lowest BCUT2D eigenvalue weighted by Crippen LogP contribution is -1.98. The lowest BCUT2D eigenvalue weighted by molar-refractivity contribution is 0.964. The monoisotopic (exact) mass is 239 g/mol. The second kappa shape index (κ2) is 4.72. The number of hydrogen-bond donors (Lipinski definition) is 1. The molecule has 0 unspecified atom stereocenters. The third kappa shape index (κ3) is 2.35. The Bertz CT molecular complexity index is 433. The van der Waals surface area contributed by atoms with E-state index in [1.807, 2.05) is 0 Å². The van der Waals surface area contributed by atoms with Gasteiger partial charge in [0.05, 0.1) is 0 Å². The molecule has 0 aliphatic heterocycles. The fourth-order valence-corrected chi connectivity index (χ4v) is 2.86. The van der Waals surface area contributed by atoms with Crippen molar-refractivity contribution in [3.63, 3.8) is 0 Å². The van der Waals surface area contributed by atoms with E-state index in [9.17, 15) is 0 Å². The first-order valence-corrected chi connectivity index (χ1v) is 6.62. The van der Waals surface area contributed by atoms with Crippen LogP contribution < -0.4 is 5.32 Å². The first-order valence-electron chi connectivity index (χ1n) is 4.93. The minimum atomic E-state index is 0.914. The summed E-state index contributed by atoms with van der Waals surface area (Å²) in [6.45, 7) is 5.20. The molecule has 0 amide bonds. The van der Waals surface area contributed by atoms with E-state index >= 15 is 0 Å². The average molecular weight is 239 g/mol. The van der Waals surface area contributed by atoms with Gasteiger partial charge in [0.25, 0.3) is 0 Å². The Balaban J connectivity index is 2.17. The van der Waals surface area contributed by atoms with Crippen molar-refractivity contribution in [2.45, 2.75) is 20.3 Å². The molecule has 0 saturated heterocycles. The van der Waals surface area contributed by atoms with Crippen molar-refractivity contribution in [3.05, 3.63) is 16.3 Å². The molecular formula is C10H13N3S2. The van der Waals surface area contributed by atoms with Crippen LogP contribution in [0.3, 0.4) is 0 Å². The van der Waals surface area contributed by atoms with E-state index in [0.29, 0.717) is 0 Å². The summed E-state index contributed by atoms with van der Waals surface area (Å²) >= 11 is 3.36. The minimum Gasteiger partial charge on any atom is -0.360 e. The summed E-state index contributed by atoms with van der Waals surface area (Å²) in [4.78, 5) is 1.30. The maximum atomic E-state index is 4.19. The van der Waals surface area contributed by atoms with E-state index < -0.39 is 0 Å². The van der Waals surface area contributed by atoms with Crippen LogP contribution >= 0.6 is 22.7 Å². The molecule has 0 radical (unpaired) electrons. The predicted octanol–water partition coefficient (Wildman–Crippen LogP) is 3.40. The summed E-state index contributed by atoms with van der Waals surface area (Å²) in [6, 6.07) is 2.10. The third-order valence-electron chi connectivity index (χ3n) is 2.04. The molecule has 2 rings (SSSR count). The van der Waals surface area contributed by atoms with Crippen molar-refractivity contribution < 1.29 is 0 Å². The molecule has 0 spiro atoms. The van der Waals surface area contributed by atoms with Crippen molar-refractivity contribution in [1.29, 1.82) is 0 Å². The molecule has 5 heteroatoms. The molecule has 2 aromatic heterocycles. The van der Waals surface area contributed by atoms with Crippen LogP contribution in [0.25, 0.3) is 10.6 Å². The van der Waals surface area contributed by atoms with Crippen molar-refractivity contribution >= 4 is 27.8 Å². The van der Waals surface area contributed by atoms with Gasteiger partial charge in [-0.05, 0) is 24.8 Å². The molecule has 80 valence electrons. The van der Waals surface area contributed by atoms with Crippen molar-refractivity contribution in [2.24, 2.45) is 0 Å². The topological polar surface area (TPSA) is 37.8 Å². The standard InChI is InChI=1S/C10H13N3S2/c1-3-5-11-10-13-12-9(15-10)8-4-6-14-7(8)2/h4,6H,3,5H2,1-2H3,(H,11,13). The molecule has 0 aromatic carbocycles. The Morgan fingerprint density at radius 3 is 2.93 bits per heavy atom. The van der Waals surface area contributed by atoms with Gasteiger partial charge in [0.2, 0.25) is 5.13 Å². The zero-order chi connectivity index (χ0) is 10.7. The Kier molecular flexibility index (Phi) is 3.33. The van der Waals surface area contributed by atoms with Gasteiger partial charge < -0.3 is 5.32 Å². The highest BCUT2D eigenvalue weighted by Crippen LogP contribution is 2.31. The van der Waals surface area contributed by atoms with Gasteiger partial charge in [0.15, 0.2) is 5.01 Å². The van der Waals surface area contributed by atoms with E-state index in [-0.39, 0.29) is 0 Å². The maximum absolute atomic E-state index is 4.19. The number of aromatic nitrogens is 2. The Labute approximate surface area is 97.2 Å². The Morgan fingerprint density at radius 1 is 1.40 bits per heavy atom. The quantitative estimate of drug-likeness (QED) is 0.888. The zero-order valence-electron chi connectivity index (χ0n) is 8.78. The summed E-state index contributed by atoms with van der Waals surface area (Å²) in [5.74, 6) is 0. The van der Waals surface area contributed by atoms with Crippen LogP contribution in [-0.2, 0) is 0 Å². The molecule has 2 heterocycles. The van der Waals surface area contributed by atoms with Gasteiger partial charge in [-0.2, -0.15) is 0 Å². The highest BCUT2D eigenvalue weighted by molar-refractivity contribution is 7.19. The first-order chi connectivity index (χ1) is 7.31. The normalized spacial score (nSPS) is 10.5. The van der Waals surface area contributed by atoms with Gasteiger partial charge in [-0.25, -0.2) is 0 Å². The molecule has 0 atom stereocenters. The number of anilines is 1. The number of nitrogens with zero attached hydrogens (tertiary/aromatic N) is 2. The average Bonchev–Trinajstić information content (AvgIpc) is 2.83. The summed E-state index contributed by atoms with van der Waals surface area (Å²) in [7, 11) is 0. The van der Waals surface area contributed by atoms with Gasteiger partial charge in [0.1, 0.15) is 0 Å². The summed E-state index contributed by atoms with van der Waals surface area (Å²) < 4.78 is 0. The molecule has 3 nitrogen and oxygen atoms in total. The van der Waals surface area contributed by atoms with Crippen LogP contribution in [-0.4, -0.2) is 16.7 Å². The molecule has 2 aromatic rings. The van der Waals surface area contributed by atoms with Gasteiger partial charge in [-0.15, -0.1) is 21.5 Å². The summed E-state index contributed by atoms with van der Waals surface area (Å²) in [6.07, 6.45) is 1.10. The number of rotatable bonds is 4. The van der Waals surface area contributed by atoms with Crippen LogP contribution in [0.2, 0.25) is 0 Å². The van der Waals surface area contributed by atoms with Crippen LogP contribution in [0, 0.1) is 6.92 Å². The number of aryl methyl sites for hydroxylation is 1. The van der Waals surface area contributed by atoms with Crippen LogP contribution in [0.1, 0.15) is 18.2 Å². The molecule has 0 fully saturated rings. The van der Waals surface area contributed by atoms with Crippen LogP contribution in [0.5, 0.6) is 0 Å². The number of hydrogen-bond acceptors (Lipinski definition) is 5. The highest BCUT2D eigenvalue weighted by atomic mass is 32.1. The Morgan fingerprint density at radius 2 is 2.27 bits per heavy atom. The second-order valence-corrected chi connectivity index (χ2v) is 5.33. The molecule has 0 aliphatic rings. The molecular weight excluding hydrogens is 226 g/mol. The molecule has 0 aliphatic carbocycles.